The number of nitrogens with zero attached hydrogens (tertiary/aromatic N) is 3. The highest BCUT2D eigenvalue weighted by Crippen LogP contribution is 2.30. The van der Waals surface area contributed by atoms with Crippen LogP contribution in [-0.4, -0.2) is 90.7 Å². The number of piperazine rings is 2. The van der Waals surface area contributed by atoms with Gasteiger partial charge in [-0.3, -0.25) is 24.1 Å². The van der Waals surface area contributed by atoms with Gasteiger partial charge < -0.3 is 20.4 Å². The van der Waals surface area contributed by atoms with Gasteiger partial charge in [0, 0.05) is 45.0 Å². The SMILES string of the molecule is O=CN1CCN(CC(=O)N2CCNC(=O)[C@H]2CC(=O)Nc2cccc(C(F)(F)F)c2)CC1. The molecule has 1 aromatic carbocycles. The average Bonchev–Trinajstić information content (AvgIpc) is 2.75. The number of hydrogen-bond donors (Lipinski definition) is 2. The number of nitrogens with one attached hydrogen (secondary N) is 2. The van der Waals surface area contributed by atoms with Crippen LogP contribution in [0.4, 0.5) is 18.9 Å². The van der Waals surface area contributed by atoms with Crippen molar-refractivity contribution < 1.29 is 32.3 Å². The van der Waals surface area contributed by atoms with E-state index in [9.17, 15) is 32.3 Å². The number of halogens is 3. The van der Waals surface area contributed by atoms with Crippen LogP contribution in [0.1, 0.15) is 12.0 Å². The van der Waals surface area contributed by atoms with Crippen molar-refractivity contribution in [2.45, 2.75) is 18.6 Å². The Kier molecular flexibility index (Phi) is 7.33. The average molecular weight is 455 g/mol. The van der Waals surface area contributed by atoms with Crippen LogP contribution in [0.3, 0.4) is 0 Å². The summed E-state index contributed by atoms with van der Waals surface area (Å²) in [6.45, 7) is 2.55. The van der Waals surface area contributed by atoms with E-state index in [1.165, 1.54) is 17.0 Å². The zero-order chi connectivity index (χ0) is 23.3. The van der Waals surface area contributed by atoms with Gasteiger partial charge >= 0.3 is 6.18 Å². The number of alkyl halides is 3. The summed E-state index contributed by atoms with van der Waals surface area (Å²) < 4.78 is 38.6. The van der Waals surface area contributed by atoms with E-state index in [4.69, 9.17) is 0 Å². The van der Waals surface area contributed by atoms with E-state index in [-0.39, 0.29) is 37.6 Å². The minimum atomic E-state index is -4.55. The van der Waals surface area contributed by atoms with Crippen LogP contribution in [0.25, 0.3) is 0 Å². The van der Waals surface area contributed by atoms with Gasteiger partial charge in [0.05, 0.1) is 18.5 Å². The first kappa shape index (κ1) is 23.5. The summed E-state index contributed by atoms with van der Waals surface area (Å²) in [4.78, 5) is 53.3. The molecule has 0 unspecified atom stereocenters. The molecule has 0 spiro atoms. The molecule has 0 saturated carbocycles. The Morgan fingerprint density at radius 1 is 1.16 bits per heavy atom. The second-order valence-electron chi connectivity index (χ2n) is 7.64. The second kappa shape index (κ2) is 9.98. The van der Waals surface area contributed by atoms with Crippen LogP contribution in [0.15, 0.2) is 24.3 Å². The summed E-state index contributed by atoms with van der Waals surface area (Å²) in [6.07, 6.45) is -4.18. The Hall–Kier alpha value is -3.15. The Balaban J connectivity index is 1.61. The largest absolute Gasteiger partial charge is 0.416 e. The van der Waals surface area contributed by atoms with Gasteiger partial charge in [0.2, 0.25) is 24.1 Å². The van der Waals surface area contributed by atoms with Crippen LogP contribution in [0.5, 0.6) is 0 Å². The number of amides is 4. The highest BCUT2D eigenvalue weighted by Gasteiger charge is 2.36. The van der Waals surface area contributed by atoms with Gasteiger partial charge in [-0.1, -0.05) is 6.07 Å². The van der Waals surface area contributed by atoms with E-state index in [0.717, 1.165) is 18.5 Å². The molecule has 0 radical (unpaired) electrons. The van der Waals surface area contributed by atoms with Crippen molar-refractivity contribution in [3.05, 3.63) is 29.8 Å². The lowest BCUT2D eigenvalue weighted by atomic mass is 10.1. The molecule has 4 amide bonds. The lowest BCUT2D eigenvalue weighted by Crippen LogP contribution is -2.60. The molecule has 12 heteroatoms. The predicted octanol–water partition coefficient (Wildman–Crippen LogP) is 0.135. The first-order chi connectivity index (χ1) is 15.2. The van der Waals surface area contributed by atoms with Crippen LogP contribution >= 0.6 is 0 Å². The lowest BCUT2D eigenvalue weighted by molar-refractivity contribution is -0.145. The van der Waals surface area contributed by atoms with Gasteiger partial charge in [-0.2, -0.15) is 13.2 Å². The number of rotatable bonds is 6. The molecule has 32 heavy (non-hydrogen) atoms. The fourth-order valence-electron chi connectivity index (χ4n) is 3.69. The van der Waals surface area contributed by atoms with E-state index in [1.807, 2.05) is 4.90 Å². The number of hydrogen-bond acceptors (Lipinski definition) is 5. The zero-order valence-electron chi connectivity index (χ0n) is 17.2. The second-order valence-corrected chi connectivity index (χ2v) is 7.64. The predicted molar refractivity (Wildman–Crippen MR) is 107 cm³/mol. The molecular weight excluding hydrogens is 431 g/mol. The minimum absolute atomic E-state index is 0.0473. The summed E-state index contributed by atoms with van der Waals surface area (Å²) in [5, 5.41) is 4.98. The summed E-state index contributed by atoms with van der Waals surface area (Å²) in [5.41, 5.74) is -0.954. The van der Waals surface area contributed by atoms with Gasteiger partial charge in [0.25, 0.3) is 0 Å². The van der Waals surface area contributed by atoms with Crippen LogP contribution in [0, 0.1) is 0 Å². The molecule has 174 valence electrons. The van der Waals surface area contributed by atoms with E-state index < -0.39 is 29.6 Å². The van der Waals surface area contributed by atoms with Gasteiger partial charge in [0.1, 0.15) is 6.04 Å². The fourth-order valence-corrected chi connectivity index (χ4v) is 3.69. The molecule has 0 aliphatic carbocycles. The molecule has 0 bridgehead atoms. The van der Waals surface area contributed by atoms with Crippen molar-refractivity contribution >= 4 is 29.8 Å². The first-order valence-electron chi connectivity index (χ1n) is 10.1. The van der Waals surface area contributed by atoms with E-state index >= 15 is 0 Å². The number of anilines is 1. The quantitative estimate of drug-likeness (QED) is 0.594. The van der Waals surface area contributed by atoms with Crippen molar-refractivity contribution in [2.75, 3.05) is 51.1 Å². The third kappa shape index (κ3) is 5.96. The summed E-state index contributed by atoms with van der Waals surface area (Å²) in [5.74, 6) is -1.49. The monoisotopic (exact) mass is 455 g/mol. The maximum absolute atomic E-state index is 12.9. The Labute approximate surface area is 182 Å². The number of carbonyl (C=O) groups excluding carboxylic acids is 4. The molecule has 2 aliphatic rings. The van der Waals surface area contributed by atoms with Crippen molar-refractivity contribution in [3.63, 3.8) is 0 Å². The van der Waals surface area contributed by atoms with Crippen molar-refractivity contribution in [1.29, 1.82) is 0 Å². The zero-order valence-corrected chi connectivity index (χ0v) is 17.2. The van der Waals surface area contributed by atoms with Crippen molar-refractivity contribution in [1.82, 2.24) is 20.0 Å². The molecular formula is C20H24F3N5O4. The molecule has 2 aliphatic heterocycles. The Bertz CT molecular complexity index is 871. The van der Waals surface area contributed by atoms with Crippen molar-refractivity contribution in [2.24, 2.45) is 0 Å². The number of benzene rings is 1. The molecule has 1 aromatic rings. The van der Waals surface area contributed by atoms with Gasteiger partial charge in [0.15, 0.2) is 0 Å². The van der Waals surface area contributed by atoms with Crippen LogP contribution in [-0.2, 0) is 25.4 Å². The van der Waals surface area contributed by atoms with Crippen molar-refractivity contribution in [3.8, 4) is 0 Å². The lowest BCUT2D eigenvalue weighted by Gasteiger charge is -2.37. The van der Waals surface area contributed by atoms with E-state index in [1.54, 1.807) is 4.90 Å². The molecule has 2 saturated heterocycles. The van der Waals surface area contributed by atoms with Crippen LogP contribution in [0.2, 0.25) is 0 Å². The first-order valence-corrected chi connectivity index (χ1v) is 10.1. The summed E-state index contributed by atoms with van der Waals surface area (Å²) in [7, 11) is 0. The van der Waals surface area contributed by atoms with Crippen LogP contribution < -0.4 is 10.6 Å². The Morgan fingerprint density at radius 3 is 2.53 bits per heavy atom. The summed E-state index contributed by atoms with van der Waals surface area (Å²) in [6, 6.07) is 3.13. The van der Waals surface area contributed by atoms with Gasteiger partial charge in [-0.25, -0.2) is 0 Å². The Morgan fingerprint density at radius 2 is 1.88 bits per heavy atom. The molecule has 3 rings (SSSR count). The summed E-state index contributed by atoms with van der Waals surface area (Å²) >= 11 is 0. The normalized spacial score (nSPS) is 20.0. The minimum Gasteiger partial charge on any atom is -0.353 e. The third-order valence-corrected chi connectivity index (χ3v) is 5.42. The van der Waals surface area contributed by atoms with Gasteiger partial charge in [-0.05, 0) is 18.2 Å². The smallest absolute Gasteiger partial charge is 0.353 e. The topological polar surface area (TPSA) is 102 Å². The molecule has 9 nitrogen and oxygen atoms in total. The fraction of sp³-hybridized carbons (Fsp3) is 0.500. The van der Waals surface area contributed by atoms with E-state index in [2.05, 4.69) is 10.6 Å². The van der Waals surface area contributed by atoms with Gasteiger partial charge in [-0.15, -0.1) is 0 Å². The molecule has 1 atom stereocenters. The number of carbonyl (C=O) groups is 4. The van der Waals surface area contributed by atoms with E-state index in [0.29, 0.717) is 26.2 Å². The maximum atomic E-state index is 12.9. The highest BCUT2D eigenvalue weighted by atomic mass is 19.4. The highest BCUT2D eigenvalue weighted by molar-refractivity contribution is 5.97. The maximum Gasteiger partial charge on any atom is 0.416 e. The standard InChI is InChI=1S/C20H24F3N5O4/c21-20(22,23)14-2-1-3-15(10-14)25-17(30)11-16-19(32)24-4-5-28(16)18(31)12-26-6-8-27(13-29)9-7-26/h1-3,10,13,16H,4-9,11-12H2,(H,24,32)(H,25,30)/t16-/m1/s1. The molecule has 0 aromatic heterocycles. The molecule has 2 heterocycles. The third-order valence-electron chi connectivity index (χ3n) is 5.42. The molecule has 2 fully saturated rings. The molecule has 2 N–H and O–H groups in total.